The van der Waals surface area contributed by atoms with Crippen molar-refractivity contribution in [1.82, 2.24) is 10.6 Å². The van der Waals surface area contributed by atoms with Crippen molar-refractivity contribution in [2.75, 3.05) is 13.1 Å². The van der Waals surface area contributed by atoms with E-state index in [9.17, 15) is 9.59 Å². The summed E-state index contributed by atoms with van der Waals surface area (Å²) in [5.41, 5.74) is 0. The lowest BCUT2D eigenvalue weighted by Gasteiger charge is -2.13. The van der Waals surface area contributed by atoms with Gasteiger partial charge in [0, 0.05) is 32.0 Å². The molecule has 1 unspecified atom stereocenters. The Morgan fingerprint density at radius 3 is 2.65 bits per heavy atom. The van der Waals surface area contributed by atoms with Crippen molar-refractivity contribution < 1.29 is 14.7 Å². The summed E-state index contributed by atoms with van der Waals surface area (Å²) in [6, 6.07) is 0.623. The van der Waals surface area contributed by atoms with Crippen LogP contribution in [0.25, 0.3) is 0 Å². The maximum atomic E-state index is 11.5. The van der Waals surface area contributed by atoms with Crippen LogP contribution in [0.1, 0.15) is 39.0 Å². The van der Waals surface area contributed by atoms with E-state index in [4.69, 9.17) is 5.11 Å². The molecular formula is C12H22N2O3. The molecule has 0 saturated heterocycles. The number of hydrogen-bond acceptors (Lipinski definition) is 3. The van der Waals surface area contributed by atoms with Gasteiger partial charge in [0.25, 0.3) is 0 Å². The first-order chi connectivity index (χ1) is 8.11. The molecule has 0 aromatic heterocycles. The second-order valence-corrected chi connectivity index (χ2v) is 4.65. The third-order valence-corrected chi connectivity index (χ3v) is 2.99. The van der Waals surface area contributed by atoms with Gasteiger partial charge < -0.3 is 15.7 Å². The maximum absolute atomic E-state index is 11.5. The minimum atomic E-state index is -0.804. The molecule has 1 amide bonds. The molecule has 1 rings (SSSR count). The van der Waals surface area contributed by atoms with Crippen molar-refractivity contribution >= 4 is 11.9 Å². The SMILES string of the molecule is CCC(CNC(=O)CCNC1CC1)CC(=O)O. The number of nitrogens with one attached hydrogen (secondary N) is 2. The number of amides is 1. The minimum absolute atomic E-state index is 0.00184. The van der Waals surface area contributed by atoms with Crippen LogP contribution < -0.4 is 10.6 Å². The number of rotatable bonds is 9. The van der Waals surface area contributed by atoms with Crippen molar-refractivity contribution in [1.29, 1.82) is 0 Å². The van der Waals surface area contributed by atoms with Crippen LogP contribution in [0.3, 0.4) is 0 Å². The average Bonchev–Trinajstić information content (AvgIpc) is 3.07. The van der Waals surface area contributed by atoms with Crippen molar-refractivity contribution in [2.45, 2.75) is 45.1 Å². The predicted octanol–water partition coefficient (Wildman–Crippen LogP) is 0.746. The van der Waals surface area contributed by atoms with E-state index in [-0.39, 0.29) is 18.2 Å². The average molecular weight is 242 g/mol. The van der Waals surface area contributed by atoms with Crippen LogP contribution >= 0.6 is 0 Å². The molecule has 0 bridgehead atoms. The standard InChI is InChI=1S/C12H22N2O3/c1-2-9(7-12(16)17)8-14-11(15)5-6-13-10-3-4-10/h9-10,13H,2-8H2,1H3,(H,14,15)(H,16,17). The highest BCUT2D eigenvalue weighted by Gasteiger charge is 2.20. The fourth-order valence-electron chi connectivity index (χ4n) is 1.63. The fourth-order valence-corrected chi connectivity index (χ4v) is 1.63. The van der Waals surface area contributed by atoms with Gasteiger partial charge in [0.1, 0.15) is 0 Å². The third-order valence-electron chi connectivity index (χ3n) is 2.99. The Bertz CT molecular complexity index is 264. The van der Waals surface area contributed by atoms with Gasteiger partial charge in [-0.1, -0.05) is 13.3 Å². The van der Waals surface area contributed by atoms with E-state index in [2.05, 4.69) is 10.6 Å². The number of aliphatic carboxylic acids is 1. The van der Waals surface area contributed by atoms with Gasteiger partial charge in [-0.15, -0.1) is 0 Å². The molecule has 0 aromatic carbocycles. The van der Waals surface area contributed by atoms with Crippen molar-refractivity contribution in [3.63, 3.8) is 0 Å². The molecular weight excluding hydrogens is 220 g/mol. The van der Waals surface area contributed by atoms with Crippen LogP contribution in [-0.2, 0) is 9.59 Å². The molecule has 3 N–H and O–H groups in total. The molecule has 0 spiro atoms. The minimum Gasteiger partial charge on any atom is -0.481 e. The van der Waals surface area contributed by atoms with Gasteiger partial charge in [-0.3, -0.25) is 9.59 Å². The highest BCUT2D eigenvalue weighted by molar-refractivity contribution is 5.76. The van der Waals surface area contributed by atoms with Gasteiger partial charge in [-0.25, -0.2) is 0 Å². The molecule has 0 aliphatic heterocycles. The van der Waals surface area contributed by atoms with E-state index in [0.717, 1.165) is 6.42 Å². The van der Waals surface area contributed by atoms with Crippen LogP contribution in [0.15, 0.2) is 0 Å². The van der Waals surface area contributed by atoms with Gasteiger partial charge >= 0.3 is 5.97 Å². The van der Waals surface area contributed by atoms with Crippen LogP contribution in [0.2, 0.25) is 0 Å². The van der Waals surface area contributed by atoms with Crippen molar-refractivity contribution in [2.24, 2.45) is 5.92 Å². The van der Waals surface area contributed by atoms with Gasteiger partial charge in [0.15, 0.2) is 0 Å². The molecule has 1 atom stereocenters. The third kappa shape index (κ3) is 6.94. The number of carboxylic acids is 1. The molecule has 5 heteroatoms. The lowest BCUT2D eigenvalue weighted by Crippen LogP contribution is -2.32. The number of carboxylic acid groups (broad SMARTS) is 1. The highest BCUT2D eigenvalue weighted by Crippen LogP contribution is 2.18. The summed E-state index contributed by atoms with van der Waals surface area (Å²) in [6.07, 6.45) is 3.81. The normalized spacial score (nSPS) is 16.5. The van der Waals surface area contributed by atoms with E-state index in [1.165, 1.54) is 12.8 Å². The van der Waals surface area contributed by atoms with Gasteiger partial charge in [-0.2, -0.15) is 0 Å². The zero-order chi connectivity index (χ0) is 12.7. The van der Waals surface area contributed by atoms with E-state index in [1.54, 1.807) is 0 Å². The fraction of sp³-hybridized carbons (Fsp3) is 0.833. The summed E-state index contributed by atoms with van der Waals surface area (Å²) < 4.78 is 0. The summed E-state index contributed by atoms with van der Waals surface area (Å²) >= 11 is 0. The summed E-state index contributed by atoms with van der Waals surface area (Å²) in [4.78, 5) is 22.0. The lowest BCUT2D eigenvalue weighted by atomic mass is 10.0. The summed E-state index contributed by atoms with van der Waals surface area (Å²) in [6.45, 7) is 3.12. The monoisotopic (exact) mass is 242 g/mol. The van der Waals surface area contributed by atoms with E-state index in [0.29, 0.717) is 25.6 Å². The Balaban J connectivity index is 2.05. The Labute approximate surface area is 102 Å². The van der Waals surface area contributed by atoms with E-state index < -0.39 is 5.97 Å². The molecule has 5 nitrogen and oxygen atoms in total. The Kier molecular flexibility index (Phi) is 5.97. The van der Waals surface area contributed by atoms with E-state index in [1.807, 2.05) is 6.92 Å². The Morgan fingerprint density at radius 1 is 1.41 bits per heavy atom. The van der Waals surface area contributed by atoms with Gasteiger partial charge in [-0.05, 0) is 18.8 Å². The number of hydrogen-bond donors (Lipinski definition) is 3. The molecule has 0 heterocycles. The Morgan fingerprint density at radius 2 is 2.12 bits per heavy atom. The first-order valence-electron chi connectivity index (χ1n) is 6.33. The van der Waals surface area contributed by atoms with Crippen LogP contribution in [0.4, 0.5) is 0 Å². The number of carbonyl (C=O) groups excluding carboxylic acids is 1. The van der Waals surface area contributed by atoms with Crippen molar-refractivity contribution in [3.05, 3.63) is 0 Å². The maximum Gasteiger partial charge on any atom is 0.303 e. The summed E-state index contributed by atoms with van der Waals surface area (Å²) in [5.74, 6) is -0.767. The molecule has 0 radical (unpaired) electrons. The Hall–Kier alpha value is -1.10. The molecule has 1 fully saturated rings. The molecule has 17 heavy (non-hydrogen) atoms. The van der Waals surface area contributed by atoms with Crippen LogP contribution in [-0.4, -0.2) is 36.1 Å². The van der Waals surface area contributed by atoms with Gasteiger partial charge in [0.05, 0.1) is 0 Å². The van der Waals surface area contributed by atoms with Crippen molar-refractivity contribution in [3.8, 4) is 0 Å². The zero-order valence-corrected chi connectivity index (χ0v) is 10.4. The largest absolute Gasteiger partial charge is 0.481 e. The summed E-state index contributed by atoms with van der Waals surface area (Å²) in [5, 5.41) is 14.7. The van der Waals surface area contributed by atoms with Gasteiger partial charge in [0.2, 0.25) is 5.91 Å². The number of carbonyl (C=O) groups is 2. The smallest absolute Gasteiger partial charge is 0.303 e. The molecule has 98 valence electrons. The molecule has 0 aromatic rings. The lowest BCUT2D eigenvalue weighted by molar-refractivity contribution is -0.138. The quantitative estimate of drug-likeness (QED) is 0.557. The van der Waals surface area contributed by atoms with Crippen LogP contribution in [0, 0.1) is 5.92 Å². The molecule has 1 saturated carbocycles. The first-order valence-corrected chi connectivity index (χ1v) is 6.33. The molecule has 1 aliphatic rings. The second kappa shape index (κ2) is 7.27. The zero-order valence-electron chi connectivity index (χ0n) is 10.4. The molecule has 1 aliphatic carbocycles. The van der Waals surface area contributed by atoms with Crippen LogP contribution in [0.5, 0.6) is 0 Å². The summed E-state index contributed by atoms with van der Waals surface area (Å²) in [7, 11) is 0. The highest BCUT2D eigenvalue weighted by atomic mass is 16.4. The first kappa shape index (κ1) is 14.0. The topological polar surface area (TPSA) is 78.4 Å². The second-order valence-electron chi connectivity index (χ2n) is 4.65. The van der Waals surface area contributed by atoms with E-state index >= 15 is 0 Å². The predicted molar refractivity (Wildman–Crippen MR) is 64.7 cm³/mol.